The molecule has 8 nitrogen and oxygen atoms in total. The first-order valence-electron chi connectivity index (χ1n) is 7.33. The van der Waals surface area contributed by atoms with Gasteiger partial charge in [0.15, 0.2) is 5.76 Å². The third-order valence-electron chi connectivity index (χ3n) is 3.12. The predicted molar refractivity (Wildman–Crippen MR) is 89.4 cm³/mol. The highest BCUT2D eigenvalue weighted by atomic mass is 32.2. The lowest BCUT2D eigenvalue weighted by atomic mass is 10.2. The van der Waals surface area contributed by atoms with Crippen molar-refractivity contribution >= 4 is 23.6 Å². The Balaban J connectivity index is 1.52. The molecule has 2 heterocycles. The van der Waals surface area contributed by atoms with Crippen molar-refractivity contribution in [2.24, 2.45) is 0 Å². The maximum Gasteiger partial charge on any atom is 0.284 e. The van der Waals surface area contributed by atoms with E-state index >= 15 is 0 Å². The molecule has 0 aliphatic heterocycles. The van der Waals surface area contributed by atoms with Crippen molar-refractivity contribution in [2.75, 3.05) is 0 Å². The van der Waals surface area contributed by atoms with Crippen molar-refractivity contribution in [3.63, 3.8) is 0 Å². The summed E-state index contributed by atoms with van der Waals surface area (Å²) in [5.41, 5.74) is 5.17. The molecule has 3 rings (SSSR count). The zero-order chi connectivity index (χ0) is 17.6. The Hall–Kier alpha value is -3.07. The van der Waals surface area contributed by atoms with E-state index in [-0.39, 0.29) is 11.1 Å². The summed E-state index contributed by atoms with van der Waals surface area (Å²) in [5, 5.41) is 7.38. The molecule has 0 saturated carbocycles. The molecule has 0 saturated heterocycles. The number of aromatic nitrogens is 2. The molecule has 0 radical (unpaired) electrons. The third-order valence-corrected chi connectivity index (χ3v) is 4.05. The van der Waals surface area contributed by atoms with Crippen LogP contribution in [0.4, 0.5) is 0 Å². The van der Waals surface area contributed by atoms with Crippen LogP contribution in [0.25, 0.3) is 11.7 Å². The van der Waals surface area contributed by atoms with Crippen LogP contribution in [0.2, 0.25) is 0 Å². The Morgan fingerprint density at radius 3 is 2.60 bits per heavy atom. The van der Waals surface area contributed by atoms with Crippen molar-refractivity contribution in [1.29, 1.82) is 0 Å². The maximum atomic E-state index is 12.1. The van der Waals surface area contributed by atoms with Crippen LogP contribution >= 0.6 is 11.8 Å². The molecular weight excluding hydrogens is 344 g/mol. The molecule has 0 unspecified atom stereocenters. The zero-order valence-electron chi connectivity index (χ0n) is 13.1. The fourth-order valence-electron chi connectivity index (χ4n) is 1.84. The Morgan fingerprint density at radius 1 is 1.08 bits per heavy atom. The number of hydrogen-bond donors (Lipinski definition) is 2. The third kappa shape index (κ3) is 4.27. The van der Waals surface area contributed by atoms with Gasteiger partial charge in [-0.15, -0.1) is 10.2 Å². The van der Waals surface area contributed by atoms with Crippen molar-refractivity contribution in [3.05, 3.63) is 54.3 Å². The fraction of sp³-hybridized carbons (Fsp3) is 0.125. The van der Waals surface area contributed by atoms with E-state index in [2.05, 4.69) is 21.0 Å². The monoisotopic (exact) mass is 358 g/mol. The normalized spacial score (nSPS) is 11.7. The lowest BCUT2D eigenvalue weighted by molar-refractivity contribution is -0.121. The van der Waals surface area contributed by atoms with Crippen LogP contribution in [0.5, 0.6) is 0 Å². The summed E-state index contributed by atoms with van der Waals surface area (Å²) < 4.78 is 10.6. The minimum Gasteiger partial charge on any atom is -0.459 e. The molecule has 0 aliphatic rings. The Labute approximate surface area is 147 Å². The Morgan fingerprint density at radius 2 is 1.88 bits per heavy atom. The van der Waals surface area contributed by atoms with Gasteiger partial charge < -0.3 is 8.83 Å². The van der Waals surface area contributed by atoms with E-state index in [4.69, 9.17) is 8.83 Å². The average Bonchev–Trinajstić information content (AvgIpc) is 3.31. The number of nitrogens with zero attached hydrogens (tertiary/aromatic N) is 2. The van der Waals surface area contributed by atoms with Gasteiger partial charge in [0.25, 0.3) is 22.9 Å². The first-order chi connectivity index (χ1) is 12.1. The molecule has 128 valence electrons. The van der Waals surface area contributed by atoms with Crippen molar-refractivity contribution < 1.29 is 18.4 Å². The smallest absolute Gasteiger partial charge is 0.284 e. The van der Waals surface area contributed by atoms with Crippen LogP contribution < -0.4 is 10.9 Å². The van der Waals surface area contributed by atoms with Crippen LogP contribution in [-0.2, 0) is 4.79 Å². The number of hydrazine groups is 1. The molecule has 1 atom stereocenters. The number of carbonyl (C=O) groups excluding carboxylic acids is 2. The van der Waals surface area contributed by atoms with Crippen molar-refractivity contribution in [2.45, 2.75) is 17.4 Å². The molecule has 0 aliphatic carbocycles. The molecule has 2 N–H and O–H groups in total. The first kappa shape index (κ1) is 16.8. The summed E-state index contributed by atoms with van der Waals surface area (Å²) in [6.07, 6.45) is 1.50. The SMILES string of the molecule is C[C@@H](Sc1nnc(-c2ccco2)o1)C(=O)NNC(=O)c1ccccc1. The van der Waals surface area contributed by atoms with E-state index in [0.717, 1.165) is 11.8 Å². The minimum atomic E-state index is -0.555. The second-order valence-corrected chi connectivity index (χ2v) is 6.21. The van der Waals surface area contributed by atoms with E-state index in [1.54, 1.807) is 49.4 Å². The first-order valence-corrected chi connectivity index (χ1v) is 8.21. The lowest BCUT2D eigenvalue weighted by Crippen LogP contribution is -2.44. The quantitative estimate of drug-likeness (QED) is 0.532. The number of hydrogen-bond acceptors (Lipinski definition) is 7. The highest BCUT2D eigenvalue weighted by Crippen LogP contribution is 2.26. The molecule has 0 spiro atoms. The number of rotatable bonds is 5. The number of amides is 2. The number of nitrogens with one attached hydrogen (secondary N) is 2. The van der Waals surface area contributed by atoms with Gasteiger partial charge in [-0.1, -0.05) is 30.0 Å². The summed E-state index contributed by atoms with van der Waals surface area (Å²) >= 11 is 1.07. The maximum absolute atomic E-state index is 12.1. The summed E-state index contributed by atoms with van der Waals surface area (Å²) in [7, 11) is 0. The van der Waals surface area contributed by atoms with Crippen molar-refractivity contribution in [3.8, 4) is 11.7 Å². The summed E-state index contributed by atoms with van der Waals surface area (Å²) in [5.74, 6) is -0.111. The molecule has 2 aromatic heterocycles. The number of thioether (sulfide) groups is 1. The Bertz CT molecular complexity index is 848. The molecule has 25 heavy (non-hydrogen) atoms. The Kier molecular flexibility index (Phi) is 5.14. The van der Waals surface area contributed by atoms with Gasteiger partial charge in [-0.05, 0) is 31.2 Å². The average molecular weight is 358 g/mol. The van der Waals surface area contributed by atoms with E-state index < -0.39 is 17.1 Å². The molecular formula is C16H14N4O4S. The lowest BCUT2D eigenvalue weighted by Gasteiger charge is -2.10. The topological polar surface area (TPSA) is 110 Å². The van der Waals surface area contributed by atoms with Gasteiger partial charge in [0.05, 0.1) is 11.5 Å². The highest BCUT2D eigenvalue weighted by Gasteiger charge is 2.20. The van der Waals surface area contributed by atoms with Gasteiger partial charge in [0.1, 0.15) is 0 Å². The second-order valence-electron chi connectivity index (χ2n) is 4.92. The van der Waals surface area contributed by atoms with Gasteiger partial charge in [0.2, 0.25) is 0 Å². The van der Waals surface area contributed by atoms with Crippen LogP contribution in [0.15, 0.2) is 62.8 Å². The molecule has 9 heteroatoms. The number of carbonyl (C=O) groups is 2. The van der Waals surface area contributed by atoms with E-state index in [1.165, 1.54) is 6.26 Å². The van der Waals surface area contributed by atoms with Crippen LogP contribution in [0.1, 0.15) is 17.3 Å². The summed E-state index contributed by atoms with van der Waals surface area (Å²) in [4.78, 5) is 23.9. The molecule has 1 aromatic carbocycles. The van der Waals surface area contributed by atoms with E-state index in [9.17, 15) is 9.59 Å². The van der Waals surface area contributed by atoms with Gasteiger partial charge in [-0.2, -0.15) is 0 Å². The molecule has 0 fully saturated rings. The minimum absolute atomic E-state index is 0.225. The van der Waals surface area contributed by atoms with E-state index in [0.29, 0.717) is 11.3 Å². The summed E-state index contributed by atoms with van der Waals surface area (Å²) in [6, 6.07) is 12.0. The van der Waals surface area contributed by atoms with Crippen molar-refractivity contribution in [1.82, 2.24) is 21.0 Å². The fourth-order valence-corrected chi connectivity index (χ4v) is 2.53. The van der Waals surface area contributed by atoms with Crippen LogP contribution in [0, 0.1) is 0 Å². The zero-order valence-corrected chi connectivity index (χ0v) is 13.9. The van der Waals surface area contributed by atoms with E-state index in [1.807, 2.05) is 0 Å². The predicted octanol–water partition coefficient (Wildman–Crippen LogP) is 2.27. The summed E-state index contributed by atoms with van der Waals surface area (Å²) in [6.45, 7) is 1.66. The molecule has 2 amide bonds. The second kappa shape index (κ2) is 7.67. The molecule has 3 aromatic rings. The molecule has 0 bridgehead atoms. The highest BCUT2D eigenvalue weighted by molar-refractivity contribution is 8.00. The van der Waals surface area contributed by atoms with Gasteiger partial charge in [-0.3, -0.25) is 20.4 Å². The standard InChI is InChI=1S/C16H14N4O4S/c1-10(13(21)17-18-14(22)11-6-3-2-4-7-11)25-16-20-19-15(24-16)12-8-5-9-23-12/h2-10H,1H3,(H,17,21)(H,18,22)/t10-/m1/s1. The van der Waals surface area contributed by atoms with Gasteiger partial charge in [-0.25, -0.2) is 0 Å². The van der Waals surface area contributed by atoms with Crippen LogP contribution in [-0.4, -0.2) is 27.3 Å². The van der Waals surface area contributed by atoms with Crippen LogP contribution in [0.3, 0.4) is 0 Å². The number of benzene rings is 1. The van der Waals surface area contributed by atoms with Gasteiger partial charge in [0, 0.05) is 5.56 Å². The number of furan rings is 1. The van der Waals surface area contributed by atoms with Gasteiger partial charge >= 0.3 is 0 Å². The largest absolute Gasteiger partial charge is 0.459 e.